The van der Waals surface area contributed by atoms with E-state index in [1.54, 1.807) is 6.07 Å². The number of nitrogens with zero attached hydrogens (tertiary/aromatic N) is 3. The van der Waals surface area contributed by atoms with E-state index < -0.39 is 0 Å². The predicted octanol–water partition coefficient (Wildman–Crippen LogP) is 1.15. The van der Waals surface area contributed by atoms with E-state index in [2.05, 4.69) is 32.9 Å². The highest BCUT2D eigenvalue weighted by atomic mass is 16.2. The zero-order valence-corrected chi connectivity index (χ0v) is 14.1. The van der Waals surface area contributed by atoms with Crippen molar-refractivity contribution >= 4 is 5.91 Å². The SMILES string of the molecule is Cc1nn(C)c(C)c1-c1cc(C(=O)NC2CNCCC2C)[nH]n1. The Morgan fingerprint density at radius 2 is 2.22 bits per heavy atom. The monoisotopic (exact) mass is 316 g/mol. The Bertz CT molecular complexity index is 716. The fourth-order valence-corrected chi connectivity index (χ4v) is 3.14. The number of carbonyl (C=O) groups is 1. The Hall–Kier alpha value is -2.15. The lowest BCUT2D eigenvalue weighted by atomic mass is 9.95. The van der Waals surface area contributed by atoms with Gasteiger partial charge >= 0.3 is 0 Å². The molecule has 0 bridgehead atoms. The van der Waals surface area contributed by atoms with E-state index in [1.165, 1.54) is 0 Å². The van der Waals surface area contributed by atoms with Crippen molar-refractivity contribution in [1.29, 1.82) is 0 Å². The summed E-state index contributed by atoms with van der Waals surface area (Å²) in [4.78, 5) is 12.4. The van der Waals surface area contributed by atoms with Gasteiger partial charge in [-0.15, -0.1) is 0 Å². The molecule has 2 aromatic rings. The van der Waals surface area contributed by atoms with Crippen molar-refractivity contribution in [2.24, 2.45) is 13.0 Å². The summed E-state index contributed by atoms with van der Waals surface area (Å²) in [6.07, 6.45) is 1.08. The second kappa shape index (κ2) is 6.16. The summed E-state index contributed by atoms with van der Waals surface area (Å²) in [5.41, 5.74) is 4.17. The molecular formula is C16H24N6O. The van der Waals surface area contributed by atoms with E-state index in [-0.39, 0.29) is 11.9 Å². The highest BCUT2D eigenvalue weighted by Gasteiger charge is 2.24. The minimum Gasteiger partial charge on any atom is -0.346 e. The molecule has 0 spiro atoms. The molecule has 1 aliphatic heterocycles. The number of rotatable bonds is 3. The van der Waals surface area contributed by atoms with Crippen LogP contribution in [0, 0.1) is 19.8 Å². The van der Waals surface area contributed by atoms with Crippen molar-refractivity contribution in [3.63, 3.8) is 0 Å². The van der Waals surface area contributed by atoms with E-state index in [0.29, 0.717) is 11.6 Å². The third-order valence-corrected chi connectivity index (χ3v) is 4.73. The molecule has 0 saturated carbocycles. The molecule has 7 heteroatoms. The quantitative estimate of drug-likeness (QED) is 0.793. The Morgan fingerprint density at radius 1 is 1.43 bits per heavy atom. The first-order valence-electron chi connectivity index (χ1n) is 8.05. The first-order chi connectivity index (χ1) is 11.0. The first-order valence-corrected chi connectivity index (χ1v) is 8.05. The normalized spacial score (nSPS) is 21.4. The molecule has 7 nitrogen and oxygen atoms in total. The summed E-state index contributed by atoms with van der Waals surface area (Å²) in [6.45, 7) is 7.95. The van der Waals surface area contributed by atoms with E-state index >= 15 is 0 Å². The van der Waals surface area contributed by atoms with Crippen LogP contribution in [0.1, 0.15) is 35.2 Å². The molecule has 23 heavy (non-hydrogen) atoms. The van der Waals surface area contributed by atoms with Crippen LogP contribution in [0.3, 0.4) is 0 Å². The smallest absolute Gasteiger partial charge is 0.269 e. The van der Waals surface area contributed by atoms with Gasteiger partial charge < -0.3 is 10.6 Å². The second-order valence-electron chi connectivity index (χ2n) is 6.39. The van der Waals surface area contributed by atoms with Gasteiger partial charge in [0.2, 0.25) is 0 Å². The van der Waals surface area contributed by atoms with Crippen LogP contribution >= 0.6 is 0 Å². The van der Waals surface area contributed by atoms with E-state index in [9.17, 15) is 4.79 Å². The maximum absolute atomic E-state index is 12.4. The zero-order valence-electron chi connectivity index (χ0n) is 14.1. The number of hydrogen-bond acceptors (Lipinski definition) is 4. The molecule has 1 fully saturated rings. The molecular weight excluding hydrogens is 292 g/mol. The lowest BCUT2D eigenvalue weighted by molar-refractivity contribution is 0.0910. The van der Waals surface area contributed by atoms with Gasteiger partial charge in [0.15, 0.2) is 0 Å². The summed E-state index contributed by atoms with van der Waals surface area (Å²) in [7, 11) is 1.91. The number of aromatic nitrogens is 4. The molecule has 0 aromatic carbocycles. The van der Waals surface area contributed by atoms with Gasteiger partial charge in [0.05, 0.1) is 11.4 Å². The van der Waals surface area contributed by atoms with E-state index in [1.807, 2.05) is 25.6 Å². The van der Waals surface area contributed by atoms with Crippen LogP contribution < -0.4 is 10.6 Å². The van der Waals surface area contributed by atoms with E-state index in [4.69, 9.17) is 0 Å². The lowest BCUT2D eigenvalue weighted by Gasteiger charge is -2.29. The highest BCUT2D eigenvalue weighted by Crippen LogP contribution is 2.25. The van der Waals surface area contributed by atoms with Gasteiger partial charge in [0, 0.05) is 30.9 Å². The molecule has 2 unspecified atom stereocenters. The van der Waals surface area contributed by atoms with Crippen molar-refractivity contribution in [2.45, 2.75) is 33.2 Å². The third-order valence-electron chi connectivity index (χ3n) is 4.73. The second-order valence-corrected chi connectivity index (χ2v) is 6.39. The number of nitrogens with one attached hydrogen (secondary N) is 3. The predicted molar refractivity (Wildman–Crippen MR) is 88.2 cm³/mol. The first kappa shape index (κ1) is 15.7. The van der Waals surface area contributed by atoms with Gasteiger partial charge in [0.25, 0.3) is 5.91 Å². The number of carbonyl (C=O) groups excluding carboxylic acids is 1. The highest BCUT2D eigenvalue weighted by molar-refractivity contribution is 5.93. The summed E-state index contributed by atoms with van der Waals surface area (Å²) in [5, 5.41) is 18.0. The topological polar surface area (TPSA) is 87.6 Å². The number of aryl methyl sites for hydroxylation is 2. The van der Waals surface area contributed by atoms with Gasteiger partial charge in [0.1, 0.15) is 5.69 Å². The molecule has 2 aromatic heterocycles. The van der Waals surface area contributed by atoms with Gasteiger partial charge in [-0.25, -0.2) is 0 Å². The van der Waals surface area contributed by atoms with Crippen LogP contribution in [0.5, 0.6) is 0 Å². The standard InChI is InChI=1S/C16H24N6O/c1-9-5-6-17-8-14(9)18-16(23)13-7-12(19-20-13)15-10(2)21-22(4)11(15)3/h7,9,14,17H,5-6,8H2,1-4H3,(H,18,23)(H,19,20). The summed E-state index contributed by atoms with van der Waals surface area (Å²) < 4.78 is 1.83. The fraction of sp³-hybridized carbons (Fsp3) is 0.562. The third kappa shape index (κ3) is 3.01. The molecule has 3 rings (SSSR count). The number of amides is 1. The largest absolute Gasteiger partial charge is 0.346 e. The van der Waals surface area contributed by atoms with Crippen molar-refractivity contribution in [1.82, 2.24) is 30.6 Å². The minimum atomic E-state index is -0.108. The van der Waals surface area contributed by atoms with Gasteiger partial charge in [-0.05, 0) is 38.8 Å². The molecule has 1 saturated heterocycles. The van der Waals surface area contributed by atoms with Gasteiger partial charge in [-0.3, -0.25) is 14.6 Å². The van der Waals surface area contributed by atoms with Crippen LogP contribution in [0.15, 0.2) is 6.07 Å². The van der Waals surface area contributed by atoms with Crippen LogP contribution in [0.4, 0.5) is 0 Å². The molecule has 3 N–H and O–H groups in total. The number of hydrogen-bond donors (Lipinski definition) is 3. The van der Waals surface area contributed by atoms with E-state index in [0.717, 1.165) is 42.2 Å². The Kier molecular flexibility index (Phi) is 4.21. The van der Waals surface area contributed by atoms with Crippen LogP contribution in [-0.4, -0.2) is 45.0 Å². The molecule has 1 aliphatic rings. The number of H-pyrrole nitrogens is 1. The van der Waals surface area contributed by atoms with Crippen molar-refractivity contribution in [2.75, 3.05) is 13.1 Å². The van der Waals surface area contributed by atoms with Crippen LogP contribution in [-0.2, 0) is 7.05 Å². The average Bonchev–Trinajstić information content (AvgIpc) is 3.07. The van der Waals surface area contributed by atoms with Gasteiger partial charge in [-0.1, -0.05) is 6.92 Å². The zero-order chi connectivity index (χ0) is 16.6. The molecule has 3 heterocycles. The van der Waals surface area contributed by atoms with Crippen molar-refractivity contribution in [3.8, 4) is 11.3 Å². The van der Waals surface area contributed by atoms with Crippen LogP contribution in [0.2, 0.25) is 0 Å². The fourth-order valence-electron chi connectivity index (χ4n) is 3.14. The summed E-state index contributed by atoms with van der Waals surface area (Å²) >= 11 is 0. The molecule has 1 amide bonds. The maximum Gasteiger partial charge on any atom is 0.269 e. The van der Waals surface area contributed by atoms with Crippen molar-refractivity contribution in [3.05, 3.63) is 23.1 Å². The van der Waals surface area contributed by atoms with Crippen molar-refractivity contribution < 1.29 is 4.79 Å². The number of piperidine rings is 1. The maximum atomic E-state index is 12.4. The molecule has 0 radical (unpaired) electrons. The Balaban J connectivity index is 1.77. The molecule has 0 aliphatic carbocycles. The lowest BCUT2D eigenvalue weighted by Crippen LogP contribution is -2.50. The average molecular weight is 316 g/mol. The van der Waals surface area contributed by atoms with Crippen LogP contribution in [0.25, 0.3) is 11.3 Å². The summed E-state index contributed by atoms with van der Waals surface area (Å²) in [6, 6.07) is 1.96. The number of aromatic amines is 1. The molecule has 124 valence electrons. The Labute approximate surface area is 135 Å². The van der Waals surface area contributed by atoms with Gasteiger partial charge in [-0.2, -0.15) is 10.2 Å². The Morgan fingerprint density at radius 3 is 2.87 bits per heavy atom. The molecule has 2 atom stereocenters. The minimum absolute atomic E-state index is 0.108. The summed E-state index contributed by atoms with van der Waals surface area (Å²) in [5.74, 6) is 0.369.